The van der Waals surface area contributed by atoms with Crippen molar-refractivity contribution in [3.05, 3.63) is 75.7 Å². The Labute approximate surface area is 199 Å². The molecule has 9 nitrogen and oxygen atoms in total. The van der Waals surface area contributed by atoms with E-state index in [0.29, 0.717) is 31.8 Å². The lowest BCUT2D eigenvalue weighted by Crippen LogP contribution is -2.44. The van der Waals surface area contributed by atoms with Gasteiger partial charge in [-0.3, -0.25) is 0 Å². The number of anilines is 1. The van der Waals surface area contributed by atoms with Gasteiger partial charge in [-0.2, -0.15) is 0 Å². The highest BCUT2D eigenvalue weighted by Crippen LogP contribution is 2.47. The third-order valence-corrected chi connectivity index (χ3v) is 6.57. The van der Waals surface area contributed by atoms with Crippen LogP contribution in [0.4, 0.5) is 10.5 Å². The van der Waals surface area contributed by atoms with E-state index in [1.165, 1.54) is 0 Å². The van der Waals surface area contributed by atoms with Gasteiger partial charge in [-0.25, -0.2) is 9.59 Å². The first kappa shape index (κ1) is 23.4. The van der Waals surface area contributed by atoms with Crippen LogP contribution in [0.3, 0.4) is 0 Å². The molecule has 1 saturated heterocycles. The highest BCUT2D eigenvalue weighted by atomic mass is 16.5. The Hall–Kier alpha value is -3.71. The Balaban J connectivity index is 1.58. The minimum Gasteiger partial charge on any atom is -0.462 e. The molecule has 0 aromatic heterocycles. The summed E-state index contributed by atoms with van der Waals surface area (Å²) in [6.45, 7) is 3.62. The van der Waals surface area contributed by atoms with Crippen molar-refractivity contribution in [3.63, 3.8) is 0 Å². The Morgan fingerprint density at radius 3 is 2.85 bits per heavy atom. The number of carbonyl (C=O) groups is 2. The van der Waals surface area contributed by atoms with E-state index in [1.54, 1.807) is 13.0 Å². The predicted octanol–water partition coefficient (Wildman–Crippen LogP) is 5.02. The smallest absolute Gasteiger partial charge is 0.338 e. The first-order valence-corrected chi connectivity index (χ1v) is 11.8. The van der Waals surface area contributed by atoms with Crippen molar-refractivity contribution in [1.29, 1.82) is 0 Å². The number of benzene rings is 2. The second kappa shape index (κ2) is 10.9. The van der Waals surface area contributed by atoms with Crippen molar-refractivity contribution >= 4 is 17.7 Å². The molecule has 9 heteroatoms. The second-order valence-corrected chi connectivity index (χ2v) is 8.61. The highest BCUT2D eigenvalue weighted by molar-refractivity contribution is 5.90. The zero-order chi connectivity index (χ0) is 23.9. The molecule has 2 aromatic rings. The number of azide groups is 1. The third-order valence-electron chi connectivity index (χ3n) is 6.57. The maximum Gasteiger partial charge on any atom is 0.338 e. The first-order chi connectivity index (χ1) is 16.6. The van der Waals surface area contributed by atoms with E-state index in [-0.39, 0.29) is 30.0 Å². The van der Waals surface area contributed by atoms with E-state index in [2.05, 4.69) is 20.7 Å². The van der Waals surface area contributed by atoms with Crippen LogP contribution in [0.1, 0.15) is 53.7 Å². The lowest BCUT2D eigenvalue weighted by molar-refractivity contribution is 0.0526. The Bertz CT molecular complexity index is 1070. The van der Waals surface area contributed by atoms with Crippen LogP contribution in [-0.4, -0.2) is 42.6 Å². The third kappa shape index (κ3) is 5.10. The monoisotopic (exact) mass is 462 g/mol. The lowest BCUT2D eigenvalue weighted by Gasteiger charge is -2.40. The number of carbonyl (C=O) groups excluding carboxylic acids is 2. The van der Waals surface area contributed by atoms with Crippen LogP contribution in [0.25, 0.3) is 10.4 Å². The van der Waals surface area contributed by atoms with E-state index in [0.717, 1.165) is 36.1 Å². The number of urea groups is 1. The van der Waals surface area contributed by atoms with Crippen LogP contribution >= 0.6 is 0 Å². The number of nitrogens with one attached hydrogen (secondary N) is 2. The minimum absolute atomic E-state index is 0.112. The molecule has 178 valence electrons. The molecular weight excluding hydrogens is 432 g/mol. The number of ether oxygens (including phenoxy) is 1. The molecule has 0 saturated carbocycles. The van der Waals surface area contributed by atoms with Gasteiger partial charge >= 0.3 is 12.0 Å². The maximum atomic E-state index is 13.3. The Morgan fingerprint density at radius 1 is 1.26 bits per heavy atom. The van der Waals surface area contributed by atoms with Gasteiger partial charge in [0.25, 0.3) is 0 Å². The minimum atomic E-state index is -0.364. The fourth-order valence-electron chi connectivity index (χ4n) is 5.04. The van der Waals surface area contributed by atoms with Crippen LogP contribution < -0.4 is 10.6 Å². The molecule has 0 bridgehead atoms. The molecule has 2 amide bonds. The number of hydrogen-bond donors (Lipinski definition) is 2. The van der Waals surface area contributed by atoms with Gasteiger partial charge in [-0.15, -0.1) is 0 Å². The predicted molar refractivity (Wildman–Crippen MR) is 129 cm³/mol. The number of hydrogen-bond acceptors (Lipinski definition) is 5. The molecule has 0 radical (unpaired) electrons. The topological polar surface area (TPSA) is 119 Å². The summed E-state index contributed by atoms with van der Waals surface area (Å²) in [5.41, 5.74) is 12.0. The summed E-state index contributed by atoms with van der Waals surface area (Å²) in [6.07, 6.45) is 2.45. The molecule has 0 spiro atoms. The summed E-state index contributed by atoms with van der Waals surface area (Å²) in [5.74, 6) is -0.171. The average molecular weight is 463 g/mol. The van der Waals surface area contributed by atoms with Crippen molar-refractivity contribution in [2.75, 3.05) is 25.0 Å². The van der Waals surface area contributed by atoms with Crippen molar-refractivity contribution in [2.45, 2.75) is 44.8 Å². The number of rotatable bonds is 8. The van der Waals surface area contributed by atoms with Crippen molar-refractivity contribution < 1.29 is 14.3 Å². The van der Waals surface area contributed by atoms with Gasteiger partial charge in [0.1, 0.15) is 0 Å². The number of nitrogens with zero attached hydrogens (tertiary/aromatic N) is 4. The van der Waals surface area contributed by atoms with E-state index >= 15 is 0 Å². The van der Waals surface area contributed by atoms with Crippen LogP contribution in [0.15, 0.2) is 53.6 Å². The van der Waals surface area contributed by atoms with E-state index in [1.807, 2.05) is 47.4 Å². The zero-order valence-corrected chi connectivity index (χ0v) is 19.3. The molecule has 0 unspecified atom stereocenters. The summed E-state index contributed by atoms with van der Waals surface area (Å²) in [7, 11) is 0. The van der Waals surface area contributed by atoms with Gasteiger partial charge in [-0.05, 0) is 61.0 Å². The summed E-state index contributed by atoms with van der Waals surface area (Å²) < 4.78 is 5.20. The average Bonchev–Trinajstić information content (AvgIpc) is 3.31. The van der Waals surface area contributed by atoms with Crippen LogP contribution in [0, 0.1) is 5.92 Å². The Kier molecular flexibility index (Phi) is 7.54. The summed E-state index contributed by atoms with van der Waals surface area (Å²) >= 11 is 0. The molecule has 2 N–H and O–H groups in total. The quantitative estimate of drug-likeness (QED) is 0.188. The molecule has 4 rings (SSSR count). The molecule has 3 atom stereocenters. The van der Waals surface area contributed by atoms with E-state index in [9.17, 15) is 9.59 Å². The number of fused-ring (bicyclic) bond motifs is 3. The number of likely N-dealkylation sites (tertiary alicyclic amines) is 1. The summed E-state index contributed by atoms with van der Waals surface area (Å²) in [6, 6.07) is 15.2. The largest absolute Gasteiger partial charge is 0.462 e. The van der Waals surface area contributed by atoms with Crippen LogP contribution in [0.5, 0.6) is 0 Å². The first-order valence-electron chi connectivity index (χ1n) is 11.8. The summed E-state index contributed by atoms with van der Waals surface area (Å²) in [4.78, 5) is 30.4. The fraction of sp³-hybridized carbons (Fsp3) is 0.440. The second-order valence-electron chi connectivity index (χ2n) is 8.61. The van der Waals surface area contributed by atoms with Gasteiger partial charge in [0, 0.05) is 42.2 Å². The van der Waals surface area contributed by atoms with Gasteiger partial charge in [0.05, 0.1) is 18.2 Å². The molecule has 34 heavy (non-hydrogen) atoms. The molecular formula is C25H30N6O3. The van der Waals surface area contributed by atoms with Crippen LogP contribution in [-0.2, 0) is 11.3 Å². The molecule has 1 fully saturated rings. The van der Waals surface area contributed by atoms with E-state index in [4.69, 9.17) is 10.3 Å². The van der Waals surface area contributed by atoms with E-state index < -0.39 is 0 Å². The molecule has 2 aliphatic rings. The van der Waals surface area contributed by atoms with Gasteiger partial charge < -0.3 is 20.3 Å². The van der Waals surface area contributed by atoms with Crippen molar-refractivity contribution in [2.24, 2.45) is 11.0 Å². The van der Waals surface area contributed by atoms with Gasteiger partial charge in [-0.1, -0.05) is 35.4 Å². The molecule has 2 aromatic carbocycles. The van der Waals surface area contributed by atoms with Crippen LogP contribution in [0.2, 0.25) is 0 Å². The molecule has 2 heterocycles. The standard InChI is InChI=1S/C25H30N6O3/c1-2-34-24(32)18-10-11-22-20(15-18)23-19(21(29-22)9-6-13-28-30-26)12-14-31(23)25(33)27-16-17-7-4-3-5-8-17/h3-5,7-8,10-11,15,19,21,23,29H,2,6,9,12-14,16H2,1H3,(H,27,33)/t19-,21+,23-/m1/s1. The van der Waals surface area contributed by atoms with Gasteiger partial charge in [0.15, 0.2) is 0 Å². The molecule has 0 aliphatic carbocycles. The zero-order valence-electron chi connectivity index (χ0n) is 19.3. The number of esters is 1. The number of amides is 2. The van der Waals surface area contributed by atoms with Gasteiger partial charge in [0.2, 0.25) is 0 Å². The normalized spacial score (nSPS) is 20.4. The van der Waals surface area contributed by atoms with Crippen molar-refractivity contribution in [1.82, 2.24) is 10.2 Å². The molecule has 2 aliphatic heterocycles. The lowest BCUT2D eigenvalue weighted by atomic mass is 9.80. The fourth-order valence-corrected chi connectivity index (χ4v) is 5.04. The highest BCUT2D eigenvalue weighted by Gasteiger charge is 2.45. The summed E-state index contributed by atoms with van der Waals surface area (Å²) in [5, 5.41) is 10.3. The van der Waals surface area contributed by atoms with Crippen molar-refractivity contribution in [3.8, 4) is 0 Å². The SMILES string of the molecule is CCOC(=O)c1ccc2c(c1)[C@H]1[C@H](CCN1C(=O)NCc1ccccc1)[C@H](CCCN=[N+]=[N-])N2. The maximum absolute atomic E-state index is 13.3. The Morgan fingerprint density at radius 2 is 2.09 bits per heavy atom.